The Morgan fingerprint density at radius 3 is 2.51 bits per heavy atom. The van der Waals surface area contributed by atoms with Crippen molar-refractivity contribution in [3.8, 4) is 11.1 Å². The fourth-order valence-electron chi connectivity index (χ4n) is 5.55. The van der Waals surface area contributed by atoms with Crippen LogP contribution in [0.1, 0.15) is 99.0 Å². The van der Waals surface area contributed by atoms with Crippen molar-refractivity contribution in [2.45, 2.75) is 103 Å². The second-order valence-corrected chi connectivity index (χ2v) is 12.0. The molecule has 1 unspecified atom stereocenters. The number of aliphatic carboxylic acids is 1. The van der Waals surface area contributed by atoms with Crippen LogP contribution in [-0.2, 0) is 16.1 Å². The Labute approximate surface area is 239 Å². The zero-order valence-electron chi connectivity index (χ0n) is 24.0. The number of ether oxygens (including phenoxy) is 1. The molecule has 0 aliphatic heterocycles. The number of amides is 1. The molecule has 39 heavy (non-hydrogen) atoms. The molecule has 1 saturated carbocycles. The van der Waals surface area contributed by atoms with Gasteiger partial charge in [0.2, 0.25) is 0 Å². The highest BCUT2D eigenvalue weighted by molar-refractivity contribution is 7.98. The molecule has 0 bridgehead atoms. The van der Waals surface area contributed by atoms with E-state index in [1.54, 1.807) is 17.8 Å². The Bertz CT molecular complexity index is 1050. The Hall–Kier alpha value is -2.31. The van der Waals surface area contributed by atoms with E-state index in [2.05, 4.69) is 12.2 Å². The topological polar surface area (TPSA) is 78.5 Å². The average Bonchev–Trinajstić information content (AvgIpc) is 2.95. The fourth-order valence-corrected chi connectivity index (χ4v) is 6.02. The maximum atomic E-state index is 13.3. The van der Waals surface area contributed by atoms with E-state index in [1.807, 2.05) is 49.6 Å². The zero-order valence-corrected chi connectivity index (χ0v) is 24.8. The third-order valence-corrected chi connectivity index (χ3v) is 8.60. The molecule has 2 aromatic carbocycles. The minimum absolute atomic E-state index is 0.247. The molecule has 0 aromatic heterocycles. The van der Waals surface area contributed by atoms with Gasteiger partial charge < -0.3 is 20.0 Å². The monoisotopic (exact) mass is 552 g/mol. The molecule has 0 spiro atoms. The number of hydrogen-bond acceptors (Lipinski definition) is 5. The molecule has 1 aliphatic rings. The fraction of sp³-hybridized carbons (Fsp3) is 0.576. The molecule has 0 radical (unpaired) electrons. The minimum Gasteiger partial charge on any atom is -0.548 e. The second-order valence-electron chi connectivity index (χ2n) is 11.0. The first-order valence-corrected chi connectivity index (χ1v) is 16.1. The van der Waals surface area contributed by atoms with Crippen LogP contribution in [0.15, 0.2) is 42.5 Å². The summed E-state index contributed by atoms with van der Waals surface area (Å²) in [6, 6.07) is 12.7. The Kier molecular flexibility index (Phi) is 13.4. The van der Waals surface area contributed by atoms with Crippen LogP contribution in [0.2, 0.25) is 0 Å². The van der Waals surface area contributed by atoms with Crippen LogP contribution in [0.4, 0.5) is 0 Å². The molecular formula is C33H46NO4S-. The molecule has 1 amide bonds. The van der Waals surface area contributed by atoms with Crippen LogP contribution in [0, 0.1) is 12.8 Å². The Morgan fingerprint density at radius 1 is 1.05 bits per heavy atom. The van der Waals surface area contributed by atoms with E-state index in [9.17, 15) is 14.7 Å². The molecule has 2 atom stereocenters. The molecule has 0 saturated heterocycles. The summed E-state index contributed by atoms with van der Waals surface area (Å²) < 4.78 is 6.49. The van der Waals surface area contributed by atoms with E-state index in [0.717, 1.165) is 47.4 Å². The van der Waals surface area contributed by atoms with E-state index < -0.39 is 17.9 Å². The number of thioether (sulfide) groups is 1. The van der Waals surface area contributed by atoms with E-state index >= 15 is 0 Å². The number of hydrogen-bond donors (Lipinski definition) is 1. The average molecular weight is 553 g/mol. The summed E-state index contributed by atoms with van der Waals surface area (Å²) in [7, 11) is 0. The number of nitrogens with one attached hydrogen (secondary N) is 1. The van der Waals surface area contributed by atoms with Crippen molar-refractivity contribution < 1.29 is 19.4 Å². The van der Waals surface area contributed by atoms with Crippen LogP contribution < -0.4 is 10.4 Å². The number of carbonyl (C=O) groups excluding carboxylic acids is 2. The lowest BCUT2D eigenvalue weighted by Gasteiger charge is -2.25. The first kappa shape index (κ1) is 31.2. The van der Waals surface area contributed by atoms with Crippen LogP contribution >= 0.6 is 11.8 Å². The van der Waals surface area contributed by atoms with Gasteiger partial charge in [-0.1, -0.05) is 82.2 Å². The molecule has 6 heteroatoms. The zero-order chi connectivity index (χ0) is 28.0. The van der Waals surface area contributed by atoms with Crippen LogP contribution in [-0.4, -0.2) is 36.0 Å². The highest BCUT2D eigenvalue weighted by Crippen LogP contribution is 2.31. The van der Waals surface area contributed by atoms with E-state index in [0.29, 0.717) is 24.3 Å². The summed E-state index contributed by atoms with van der Waals surface area (Å²) in [6.07, 6.45) is 15.1. The van der Waals surface area contributed by atoms with Gasteiger partial charge in [-0.25, -0.2) is 0 Å². The Balaban J connectivity index is 1.78. The van der Waals surface area contributed by atoms with Gasteiger partial charge in [-0.2, -0.15) is 11.8 Å². The molecule has 3 rings (SSSR count). The van der Waals surface area contributed by atoms with Crippen LogP contribution in [0.5, 0.6) is 0 Å². The van der Waals surface area contributed by atoms with Crippen molar-refractivity contribution >= 4 is 23.6 Å². The molecule has 214 valence electrons. The van der Waals surface area contributed by atoms with Crippen molar-refractivity contribution in [1.82, 2.24) is 5.32 Å². The molecule has 0 heterocycles. The highest BCUT2D eigenvalue weighted by Gasteiger charge is 2.20. The van der Waals surface area contributed by atoms with Gasteiger partial charge in [-0.3, -0.25) is 4.79 Å². The van der Waals surface area contributed by atoms with Crippen molar-refractivity contribution in [3.63, 3.8) is 0 Å². The standard InChI is InChI=1S/C33H47NO4S/c1-4-5-14-27(18-16-25-12-7-6-8-13-25)38-23-26-17-19-29(30(22-26)28-15-10-9-11-24(28)2)32(35)34-31(33(36)37)20-21-39-3/h9-11,15,17,19,22,25,27,31H,4-8,12-14,16,18,20-21,23H2,1-3H3,(H,34,35)(H,36,37)/p-1/t27?,31-/m0/s1. The lowest BCUT2D eigenvalue weighted by molar-refractivity contribution is -0.308. The van der Waals surface area contributed by atoms with Gasteiger partial charge in [0.1, 0.15) is 0 Å². The molecule has 1 aliphatic carbocycles. The minimum atomic E-state index is -1.26. The van der Waals surface area contributed by atoms with Crippen LogP contribution in [0.25, 0.3) is 11.1 Å². The molecule has 1 N–H and O–H groups in total. The highest BCUT2D eigenvalue weighted by atomic mass is 32.2. The quantitative estimate of drug-likeness (QED) is 0.251. The van der Waals surface area contributed by atoms with Crippen molar-refractivity contribution in [1.29, 1.82) is 0 Å². The second kappa shape index (κ2) is 16.7. The number of rotatable bonds is 16. The first-order chi connectivity index (χ1) is 18.9. The largest absolute Gasteiger partial charge is 0.548 e. The summed E-state index contributed by atoms with van der Waals surface area (Å²) in [5.41, 5.74) is 4.28. The third-order valence-electron chi connectivity index (χ3n) is 7.95. The van der Waals surface area contributed by atoms with Gasteiger partial charge in [0.05, 0.1) is 24.7 Å². The van der Waals surface area contributed by atoms with Gasteiger partial charge in [-0.05, 0) is 84.9 Å². The predicted molar refractivity (Wildman–Crippen MR) is 160 cm³/mol. The van der Waals surface area contributed by atoms with E-state index in [4.69, 9.17) is 4.74 Å². The predicted octanol–water partition coefficient (Wildman–Crippen LogP) is 6.70. The maximum absolute atomic E-state index is 13.3. The molecular weight excluding hydrogens is 506 g/mol. The SMILES string of the molecule is CCCCC(CCC1CCCCC1)OCc1ccc(C(=O)N[C@@H](CCSC)C(=O)[O-])c(-c2ccccc2C)c1. The smallest absolute Gasteiger partial charge is 0.252 e. The van der Waals surface area contributed by atoms with Crippen molar-refractivity contribution in [2.24, 2.45) is 5.92 Å². The lowest BCUT2D eigenvalue weighted by atomic mass is 9.85. The third kappa shape index (κ3) is 9.99. The van der Waals surface area contributed by atoms with Gasteiger partial charge in [0.15, 0.2) is 0 Å². The summed E-state index contributed by atoms with van der Waals surface area (Å²) in [5, 5.41) is 14.4. The number of aryl methyl sites for hydroxylation is 1. The number of carboxylic acid groups (broad SMARTS) is 1. The Morgan fingerprint density at radius 2 is 1.82 bits per heavy atom. The number of carbonyl (C=O) groups is 2. The lowest BCUT2D eigenvalue weighted by Crippen LogP contribution is -2.48. The maximum Gasteiger partial charge on any atom is 0.252 e. The summed E-state index contributed by atoms with van der Waals surface area (Å²) in [6.45, 7) is 4.74. The van der Waals surface area contributed by atoms with Gasteiger partial charge in [0, 0.05) is 5.56 Å². The van der Waals surface area contributed by atoms with Crippen molar-refractivity contribution in [2.75, 3.05) is 12.0 Å². The van der Waals surface area contributed by atoms with E-state index in [1.165, 1.54) is 44.9 Å². The molecule has 1 fully saturated rings. The van der Waals surface area contributed by atoms with Crippen molar-refractivity contribution in [3.05, 3.63) is 59.2 Å². The number of carboxylic acids is 1. The van der Waals surface area contributed by atoms with Gasteiger partial charge in [0.25, 0.3) is 5.91 Å². The first-order valence-electron chi connectivity index (χ1n) is 14.7. The van der Waals surface area contributed by atoms with Crippen LogP contribution in [0.3, 0.4) is 0 Å². The van der Waals surface area contributed by atoms with E-state index in [-0.39, 0.29) is 6.10 Å². The molecule has 2 aromatic rings. The normalized spacial score (nSPS) is 15.6. The summed E-state index contributed by atoms with van der Waals surface area (Å²) >= 11 is 1.54. The summed E-state index contributed by atoms with van der Waals surface area (Å²) in [4.78, 5) is 25.0. The summed E-state index contributed by atoms with van der Waals surface area (Å²) in [5.74, 6) is -0.187. The number of unbranched alkanes of at least 4 members (excludes halogenated alkanes) is 1. The number of benzene rings is 2. The molecule has 5 nitrogen and oxygen atoms in total. The van der Waals surface area contributed by atoms with Gasteiger partial charge in [-0.15, -0.1) is 0 Å². The van der Waals surface area contributed by atoms with Gasteiger partial charge >= 0.3 is 0 Å².